The van der Waals surface area contributed by atoms with Gasteiger partial charge in [0, 0.05) is 38.2 Å². The van der Waals surface area contributed by atoms with E-state index in [0.29, 0.717) is 47.8 Å². The first-order chi connectivity index (χ1) is 23.8. The van der Waals surface area contributed by atoms with Crippen LogP contribution in [-0.4, -0.2) is 75.2 Å². The maximum absolute atomic E-state index is 13.9. The fraction of sp³-hybridized carbons (Fsp3) is 0.447. The summed E-state index contributed by atoms with van der Waals surface area (Å²) in [6.45, 7) is 4.19. The van der Waals surface area contributed by atoms with Gasteiger partial charge in [-0.1, -0.05) is 36.4 Å². The molecule has 1 aliphatic carbocycles. The zero-order valence-corrected chi connectivity index (χ0v) is 29.9. The highest BCUT2D eigenvalue weighted by atomic mass is 32.2. The van der Waals surface area contributed by atoms with E-state index in [1.54, 1.807) is 45.2 Å². The van der Waals surface area contributed by atoms with E-state index in [1.807, 2.05) is 24.5 Å². The van der Waals surface area contributed by atoms with Crippen LogP contribution in [0.1, 0.15) is 55.3 Å². The van der Waals surface area contributed by atoms with Crippen molar-refractivity contribution in [2.45, 2.75) is 63.7 Å². The first kappa shape index (κ1) is 36.1. The molecular formula is C38H48N4O6S. The van der Waals surface area contributed by atoms with E-state index in [2.05, 4.69) is 45.1 Å². The Kier molecular flexibility index (Phi) is 12.5. The predicted molar refractivity (Wildman–Crippen MR) is 196 cm³/mol. The number of ether oxygens (including phenoxy) is 3. The fourth-order valence-electron chi connectivity index (χ4n) is 6.90. The van der Waals surface area contributed by atoms with Gasteiger partial charge in [-0.15, -0.1) is 0 Å². The first-order valence-corrected chi connectivity index (χ1v) is 18.2. The van der Waals surface area contributed by atoms with E-state index in [9.17, 15) is 14.4 Å². The number of amides is 2. The third-order valence-corrected chi connectivity index (χ3v) is 10.00. The average Bonchev–Trinajstić information content (AvgIpc) is 3.34. The van der Waals surface area contributed by atoms with Crippen LogP contribution >= 0.6 is 11.8 Å². The number of hydrogen-bond donors (Lipinski definition) is 3. The van der Waals surface area contributed by atoms with Crippen LogP contribution in [0.5, 0.6) is 17.2 Å². The van der Waals surface area contributed by atoms with Gasteiger partial charge in [-0.05, 0) is 84.6 Å². The second-order valence-corrected chi connectivity index (χ2v) is 13.6. The number of benzene rings is 2. The maximum Gasteiger partial charge on any atom is 0.242 e. The second kappa shape index (κ2) is 16.9. The molecule has 0 radical (unpaired) electrons. The minimum Gasteiger partial charge on any atom is -0.493 e. The standard InChI is InChI=1S/C38H48N4O6S/c1-24(43)39-30-13-11-26-21-34(46-2)36(47-3)37(48-4)35(26)28-12-14-31(33(44)22-29(28)30)41-32(17-20-49-5)38(45)40-27-15-18-42(19-16-27)23-25-9-7-6-8-10-25/h6-10,12,14,21-22,27,30,32H,11,13,15-20,23H2,1-5H3,(H,39,43)(H,40,45)(H,41,44)/t30-,32+/m1/s1. The van der Waals surface area contributed by atoms with Crippen LogP contribution in [0.2, 0.25) is 0 Å². The van der Waals surface area contributed by atoms with Crippen molar-refractivity contribution in [3.8, 4) is 28.4 Å². The summed E-state index contributed by atoms with van der Waals surface area (Å²) in [5, 5.41) is 9.63. The van der Waals surface area contributed by atoms with Gasteiger partial charge in [0.05, 0.1) is 33.1 Å². The maximum atomic E-state index is 13.9. The Bertz CT molecular complexity index is 1680. The normalized spacial score (nSPS) is 16.7. The molecule has 2 atom stereocenters. The summed E-state index contributed by atoms with van der Waals surface area (Å²) in [5.41, 5.74) is 4.47. The van der Waals surface area contributed by atoms with Crippen molar-refractivity contribution < 1.29 is 23.8 Å². The highest BCUT2D eigenvalue weighted by Crippen LogP contribution is 2.50. The molecule has 2 aliphatic rings. The van der Waals surface area contributed by atoms with E-state index in [-0.39, 0.29) is 23.3 Å². The SMILES string of the molecule is COc1cc2c(c(OC)c1OC)-c1ccc(N[C@@H](CCSC)C(=O)NC3CCN(Cc4ccccc4)CC3)c(=O)cc1[C@H](NC(C)=O)CC2. The molecule has 1 saturated heterocycles. The second-order valence-electron chi connectivity index (χ2n) is 12.6. The Morgan fingerprint density at radius 1 is 0.939 bits per heavy atom. The van der Waals surface area contributed by atoms with Gasteiger partial charge in [0.15, 0.2) is 11.5 Å². The predicted octanol–water partition coefficient (Wildman–Crippen LogP) is 5.18. The van der Waals surface area contributed by atoms with Crippen molar-refractivity contribution in [1.29, 1.82) is 0 Å². The van der Waals surface area contributed by atoms with Crippen LogP contribution in [0.3, 0.4) is 0 Å². The van der Waals surface area contributed by atoms with Crippen LogP contribution in [0.4, 0.5) is 5.69 Å². The van der Waals surface area contributed by atoms with Gasteiger partial charge in [-0.2, -0.15) is 11.8 Å². The van der Waals surface area contributed by atoms with Crippen molar-refractivity contribution in [1.82, 2.24) is 15.5 Å². The zero-order valence-electron chi connectivity index (χ0n) is 29.1. The first-order valence-electron chi connectivity index (χ1n) is 16.9. The smallest absolute Gasteiger partial charge is 0.242 e. The van der Waals surface area contributed by atoms with E-state index in [1.165, 1.54) is 12.5 Å². The van der Waals surface area contributed by atoms with Crippen LogP contribution in [-0.2, 0) is 22.6 Å². The molecule has 0 unspecified atom stereocenters. The van der Waals surface area contributed by atoms with E-state index < -0.39 is 12.1 Å². The number of likely N-dealkylation sites (tertiary alicyclic amines) is 1. The Morgan fingerprint density at radius 2 is 1.67 bits per heavy atom. The summed E-state index contributed by atoms with van der Waals surface area (Å²) in [7, 11) is 4.71. The number of piperidine rings is 1. The number of thioether (sulfide) groups is 1. The minimum absolute atomic E-state index is 0.0714. The molecule has 2 amide bonds. The Hall–Kier alpha value is -4.22. The summed E-state index contributed by atoms with van der Waals surface area (Å²) < 4.78 is 17.2. The Balaban J connectivity index is 1.43. The highest BCUT2D eigenvalue weighted by Gasteiger charge is 2.30. The molecule has 11 heteroatoms. The minimum atomic E-state index is -0.595. The molecule has 10 nitrogen and oxygen atoms in total. The third-order valence-electron chi connectivity index (χ3n) is 9.36. The summed E-state index contributed by atoms with van der Waals surface area (Å²) >= 11 is 1.66. The number of anilines is 1. The van der Waals surface area contributed by atoms with E-state index in [4.69, 9.17) is 14.2 Å². The van der Waals surface area contributed by atoms with Crippen molar-refractivity contribution in [3.05, 3.63) is 81.5 Å². The van der Waals surface area contributed by atoms with Crippen LogP contribution < -0.4 is 35.6 Å². The summed E-state index contributed by atoms with van der Waals surface area (Å²) in [6, 6.07) is 16.6. The molecule has 0 spiro atoms. The molecule has 1 aliphatic heterocycles. The van der Waals surface area contributed by atoms with Gasteiger partial charge in [0.2, 0.25) is 23.0 Å². The number of fused-ring (bicyclic) bond motifs is 3. The number of nitrogens with one attached hydrogen (secondary N) is 3. The molecule has 3 N–H and O–H groups in total. The molecule has 0 aromatic heterocycles. The van der Waals surface area contributed by atoms with Gasteiger partial charge < -0.3 is 30.2 Å². The van der Waals surface area contributed by atoms with Crippen molar-refractivity contribution in [3.63, 3.8) is 0 Å². The van der Waals surface area contributed by atoms with Gasteiger partial charge in [-0.25, -0.2) is 0 Å². The molecule has 0 bridgehead atoms. The van der Waals surface area contributed by atoms with Crippen LogP contribution in [0, 0.1) is 0 Å². The lowest BCUT2D eigenvalue weighted by molar-refractivity contribution is -0.123. The van der Waals surface area contributed by atoms with Crippen molar-refractivity contribution in [2.75, 3.05) is 51.7 Å². The van der Waals surface area contributed by atoms with Crippen molar-refractivity contribution >= 4 is 29.3 Å². The highest BCUT2D eigenvalue weighted by molar-refractivity contribution is 7.98. The number of aryl methyl sites for hydroxylation is 1. The molecule has 49 heavy (non-hydrogen) atoms. The summed E-state index contributed by atoms with van der Waals surface area (Å²) in [5.74, 6) is 1.92. The fourth-order valence-corrected chi connectivity index (χ4v) is 7.37. The number of carbonyl (C=O) groups is 2. The lowest BCUT2D eigenvalue weighted by Crippen LogP contribution is -2.49. The van der Waals surface area contributed by atoms with E-state index in [0.717, 1.165) is 54.9 Å². The largest absolute Gasteiger partial charge is 0.493 e. The Morgan fingerprint density at radius 3 is 2.33 bits per heavy atom. The molecule has 0 saturated carbocycles. The molecule has 3 aromatic carbocycles. The molecule has 5 rings (SSSR count). The van der Waals surface area contributed by atoms with Gasteiger partial charge in [0.25, 0.3) is 0 Å². The monoisotopic (exact) mass is 688 g/mol. The molecular weight excluding hydrogens is 641 g/mol. The number of methoxy groups -OCH3 is 3. The quantitative estimate of drug-likeness (QED) is 0.223. The van der Waals surface area contributed by atoms with Crippen molar-refractivity contribution in [2.24, 2.45) is 0 Å². The average molecular weight is 689 g/mol. The van der Waals surface area contributed by atoms with Gasteiger partial charge in [-0.3, -0.25) is 19.3 Å². The number of carbonyl (C=O) groups excluding carboxylic acids is 2. The number of rotatable bonds is 13. The molecule has 1 heterocycles. The molecule has 262 valence electrons. The summed E-state index contributed by atoms with van der Waals surface area (Å²) in [4.78, 5) is 42.4. The van der Waals surface area contributed by atoms with Crippen LogP contribution in [0.25, 0.3) is 11.1 Å². The zero-order chi connectivity index (χ0) is 34.9. The Labute approximate surface area is 293 Å². The lowest BCUT2D eigenvalue weighted by atomic mass is 9.95. The van der Waals surface area contributed by atoms with Gasteiger partial charge >= 0.3 is 0 Å². The topological polar surface area (TPSA) is 118 Å². The molecule has 3 aromatic rings. The van der Waals surface area contributed by atoms with Gasteiger partial charge in [0.1, 0.15) is 6.04 Å². The van der Waals surface area contributed by atoms with Crippen LogP contribution in [0.15, 0.2) is 59.4 Å². The van der Waals surface area contributed by atoms with E-state index >= 15 is 0 Å². The third kappa shape index (κ3) is 8.69. The number of hydrogen-bond acceptors (Lipinski definition) is 9. The molecule has 1 fully saturated rings. The lowest BCUT2D eigenvalue weighted by Gasteiger charge is -2.33. The summed E-state index contributed by atoms with van der Waals surface area (Å²) in [6.07, 6.45) is 5.47. The number of nitrogens with zero attached hydrogens (tertiary/aromatic N) is 1.